The highest BCUT2D eigenvalue weighted by Gasteiger charge is 2.62. The summed E-state index contributed by atoms with van der Waals surface area (Å²) in [4.78, 5) is 66.2. The van der Waals surface area contributed by atoms with Gasteiger partial charge in [0.05, 0.1) is 78.2 Å². The Labute approximate surface area is 645 Å². The Kier molecular flexibility index (Phi) is 40.1. The van der Waals surface area contributed by atoms with Gasteiger partial charge >= 0.3 is 5.97 Å². The number of carboxylic acids is 1. The molecule has 5 fully saturated rings. The van der Waals surface area contributed by atoms with Gasteiger partial charge in [0.25, 0.3) is 5.79 Å². The third-order valence-corrected chi connectivity index (χ3v) is 20.7. The lowest BCUT2D eigenvalue weighted by molar-refractivity contribution is -0.403. The van der Waals surface area contributed by atoms with Crippen LogP contribution in [0.5, 0.6) is 11.5 Å². The Hall–Kier alpha value is -4.65. The van der Waals surface area contributed by atoms with Crippen molar-refractivity contribution in [3.05, 3.63) is 34.3 Å². The molecule has 28 atom stereocenters. The zero-order chi connectivity index (χ0) is 81.1. The number of ether oxygens (including phenoxy) is 12. The molecule has 1 aromatic rings. The van der Waals surface area contributed by atoms with Gasteiger partial charge in [-0.05, 0) is 36.6 Å². The third-order valence-electron chi connectivity index (χ3n) is 20.0. The molecule has 6 rings (SSSR count). The van der Waals surface area contributed by atoms with Crippen LogP contribution >= 0.6 is 15.9 Å². The van der Waals surface area contributed by atoms with E-state index >= 15 is 0 Å². The van der Waals surface area contributed by atoms with E-state index in [0.717, 1.165) is 70.1 Å². The molecule has 39 heteroatoms. The molecule has 5 heterocycles. The molecule has 2 unspecified atom stereocenters. The Balaban J connectivity index is 1.26. The number of benzene rings is 1. The standard InChI is InChI=1S/C71H117BrN4O34/c1-6-7-8-9-10-11-12-13-14-15-16-17-18-19-20-21-50(88)76-39(40(84)22-23-49(87)73-25-24-37-26-43(99-4)44(100-5)27-38(37)72)34-101-67-59(95)57(93)61(47(32-80)104-67)106-69-60(96)65(110-71(70(97)98)28-41(85)51(74-35(2)82)64(109-71)53(89)42(86)29-77)62(48(33-81)105-69)107-66-52(75-36(3)83)63(55(91)46(31-79)102-66)108-68-58(94)56(92)54(90)45(30-78)103-68/h22-23,26-27,39-42,45-48,51-69,77-81,84-86,89-96H,6-21,24-25,28-34H2,1-5H3,(H,73,87)(H,74,82)(H,75,83)(H,76,88)(H,97,98)/b23-22+/t39-,40+,41-,42+,45+,46+,47+,48+,51?,52+,53+,54-,55-,56-,57+,58+,59+,60+,61+,62-,63+,64?,65+,66-,67+,68-,69-,71-/m0/s1. The Morgan fingerprint density at radius 2 is 1.09 bits per heavy atom. The van der Waals surface area contributed by atoms with Crippen molar-refractivity contribution in [2.75, 3.05) is 60.4 Å². The second-order valence-electron chi connectivity index (χ2n) is 28.2. The van der Waals surface area contributed by atoms with Crippen LogP contribution in [0.3, 0.4) is 0 Å². The van der Waals surface area contributed by atoms with Gasteiger partial charge in [0, 0.05) is 43.8 Å². The molecule has 0 bridgehead atoms. The van der Waals surface area contributed by atoms with Gasteiger partial charge in [0.1, 0.15) is 116 Å². The van der Waals surface area contributed by atoms with Gasteiger partial charge in [0.2, 0.25) is 23.6 Å². The van der Waals surface area contributed by atoms with Gasteiger partial charge in [0.15, 0.2) is 36.7 Å². The molecule has 5 aliphatic rings. The van der Waals surface area contributed by atoms with Crippen molar-refractivity contribution in [2.45, 2.75) is 307 Å². The predicted octanol–water partition coefficient (Wildman–Crippen LogP) is -4.60. The van der Waals surface area contributed by atoms with Crippen LogP contribution in [-0.2, 0) is 77.8 Å². The second kappa shape index (κ2) is 46.8. The fourth-order valence-electron chi connectivity index (χ4n) is 13.8. The summed E-state index contributed by atoms with van der Waals surface area (Å²) in [5.41, 5.74) is 0.767. The van der Waals surface area contributed by atoms with Gasteiger partial charge in [-0.1, -0.05) is 113 Å². The van der Waals surface area contributed by atoms with Crippen LogP contribution in [0, 0.1) is 0 Å². The van der Waals surface area contributed by atoms with E-state index in [4.69, 9.17) is 56.8 Å². The SMILES string of the molecule is CCCCCCCCCCCCCCCCCC(=O)N[C@@H](CO[C@@H]1O[C@H](CO)[C@@H](O[C@@H]2O[C@H](CO)[C@H](O[C@@H]3O[C@H](CO)[C@H](O)[C@H](O[C@@H]4O[C@H](CO)[C@H](O)[C@H](O)[C@H]4O)[C@H]3NC(C)=O)[C@H](O[C@]3(C(=O)O)C[C@H](O)C(NC(C)=O)C([C@H](O)[C@H](O)CO)O3)[C@H]2O)[C@H](O)[C@H]1O)[C@H](O)/C=C/C(=O)NCCc1cc(OC)c(OC)cc1Br. The average Bonchev–Trinajstić information content (AvgIpc) is 0.746. The molecule has 0 spiro atoms. The quantitative estimate of drug-likeness (QED) is 0.0216. The molecular formula is C71H117BrN4O34. The summed E-state index contributed by atoms with van der Waals surface area (Å²) in [6.07, 6.45) is -33.1. The fourth-order valence-corrected chi connectivity index (χ4v) is 14.3. The van der Waals surface area contributed by atoms with E-state index in [2.05, 4.69) is 44.1 Å². The van der Waals surface area contributed by atoms with E-state index in [0.29, 0.717) is 28.8 Å². The van der Waals surface area contributed by atoms with Gasteiger partial charge in [-0.2, -0.15) is 0 Å². The number of aliphatic hydroxyl groups excluding tert-OH is 16. The van der Waals surface area contributed by atoms with Crippen LogP contribution in [0.4, 0.5) is 0 Å². The van der Waals surface area contributed by atoms with E-state index < -0.39 is 247 Å². The Bertz CT molecular complexity index is 2970. The topological polar surface area (TPSA) is 588 Å². The maximum atomic E-state index is 13.8. The van der Waals surface area contributed by atoms with Crippen LogP contribution in [-0.4, -0.2) is 348 Å². The maximum Gasteiger partial charge on any atom is 0.364 e. The van der Waals surface area contributed by atoms with Gasteiger partial charge in [-0.15, -0.1) is 0 Å². The number of methoxy groups -OCH3 is 2. The molecule has 5 saturated heterocycles. The minimum Gasteiger partial charge on any atom is -0.493 e. The fraction of sp³-hybridized carbons (Fsp3) is 0.817. The van der Waals surface area contributed by atoms with Crippen LogP contribution in [0.25, 0.3) is 0 Å². The number of amides is 4. The number of carbonyl (C=O) groups is 5. The molecule has 110 heavy (non-hydrogen) atoms. The molecule has 1 aromatic carbocycles. The molecule has 5 aliphatic heterocycles. The predicted molar refractivity (Wildman–Crippen MR) is 381 cm³/mol. The largest absolute Gasteiger partial charge is 0.493 e. The molecule has 4 amide bonds. The molecule has 0 saturated carbocycles. The lowest BCUT2D eigenvalue weighted by atomic mass is 9.88. The number of aliphatic carboxylic acids is 1. The first-order valence-electron chi connectivity index (χ1n) is 37.5. The van der Waals surface area contributed by atoms with Crippen molar-refractivity contribution in [1.82, 2.24) is 21.3 Å². The summed E-state index contributed by atoms with van der Waals surface area (Å²) < 4.78 is 71.2. The number of carboxylic acid groups (broad SMARTS) is 1. The minimum absolute atomic E-state index is 0.0171. The summed E-state index contributed by atoms with van der Waals surface area (Å²) in [7, 11) is 2.96. The van der Waals surface area contributed by atoms with Crippen molar-refractivity contribution >= 4 is 45.5 Å². The average molecular weight is 1650 g/mol. The third kappa shape index (κ3) is 26.2. The first-order valence-corrected chi connectivity index (χ1v) is 38.3. The van der Waals surface area contributed by atoms with Crippen LogP contribution < -0.4 is 30.7 Å². The zero-order valence-electron chi connectivity index (χ0n) is 62.5. The summed E-state index contributed by atoms with van der Waals surface area (Å²) in [5, 5.41) is 199. The van der Waals surface area contributed by atoms with Crippen molar-refractivity contribution in [3.63, 3.8) is 0 Å². The highest BCUT2D eigenvalue weighted by atomic mass is 79.9. The summed E-state index contributed by atoms with van der Waals surface area (Å²) in [5.74, 6) is -7.67. The van der Waals surface area contributed by atoms with Gasteiger partial charge in [-0.25, -0.2) is 4.79 Å². The van der Waals surface area contributed by atoms with E-state index in [1.54, 1.807) is 12.1 Å². The number of carbonyl (C=O) groups excluding carboxylic acids is 4. The van der Waals surface area contributed by atoms with Gasteiger partial charge in [-0.3, -0.25) is 19.2 Å². The number of halogens is 1. The van der Waals surface area contributed by atoms with Crippen LogP contribution in [0.15, 0.2) is 28.8 Å². The zero-order valence-corrected chi connectivity index (χ0v) is 64.1. The monoisotopic (exact) mass is 1650 g/mol. The first kappa shape index (κ1) is 94.2. The molecular weight excluding hydrogens is 1530 g/mol. The van der Waals surface area contributed by atoms with E-state index in [9.17, 15) is 111 Å². The number of aliphatic hydroxyl groups is 16. The van der Waals surface area contributed by atoms with E-state index in [1.165, 1.54) is 65.6 Å². The van der Waals surface area contributed by atoms with Crippen molar-refractivity contribution < 1.29 is 168 Å². The number of hydrogen-bond donors (Lipinski definition) is 21. The van der Waals surface area contributed by atoms with Crippen molar-refractivity contribution in [3.8, 4) is 11.5 Å². The Morgan fingerprint density at radius 1 is 0.591 bits per heavy atom. The molecule has 632 valence electrons. The van der Waals surface area contributed by atoms with E-state index in [-0.39, 0.29) is 13.0 Å². The van der Waals surface area contributed by atoms with Crippen LogP contribution in [0.2, 0.25) is 0 Å². The smallest absolute Gasteiger partial charge is 0.364 e. The lowest BCUT2D eigenvalue weighted by Crippen LogP contribution is -2.72. The number of rotatable bonds is 46. The number of unbranched alkanes of at least 4 members (excludes halogenated alkanes) is 14. The maximum absolute atomic E-state index is 13.8. The normalized spacial score (nSPS) is 33.8. The Morgan fingerprint density at radius 3 is 1.65 bits per heavy atom. The summed E-state index contributed by atoms with van der Waals surface area (Å²) in [6.45, 7) is -2.17. The van der Waals surface area contributed by atoms with Gasteiger partial charge < -0.3 is 165 Å². The molecule has 0 aromatic heterocycles. The number of nitrogens with one attached hydrogen (secondary N) is 4. The second-order valence-corrected chi connectivity index (χ2v) is 29.1. The molecule has 38 nitrogen and oxygen atoms in total. The first-order chi connectivity index (χ1) is 52.5. The molecule has 0 aliphatic carbocycles. The van der Waals surface area contributed by atoms with Crippen molar-refractivity contribution in [1.29, 1.82) is 0 Å². The molecule has 0 radical (unpaired) electrons. The number of hydrogen-bond acceptors (Lipinski definition) is 33. The lowest BCUT2D eigenvalue weighted by Gasteiger charge is -2.52. The minimum atomic E-state index is -3.42. The highest BCUT2D eigenvalue weighted by Crippen LogP contribution is 2.42. The summed E-state index contributed by atoms with van der Waals surface area (Å²) >= 11 is 3.50. The summed E-state index contributed by atoms with van der Waals surface area (Å²) in [6, 6.07) is -1.67. The van der Waals surface area contributed by atoms with E-state index in [1.807, 2.05) is 0 Å². The van der Waals surface area contributed by atoms with Crippen molar-refractivity contribution in [2.24, 2.45) is 0 Å². The molecule has 21 N–H and O–H groups in total. The van der Waals surface area contributed by atoms with Crippen LogP contribution in [0.1, 0.15) is 135 Å². The highest BCUT2D eigenvalue weighted by molar-refractivity contribution is 9.10.